The molecule has 0 aliphatic rings. The van der Waals surface area contributed by atoms with Crippen LogP contribution in [0.15, 0.2) is 76.3 Å². The van der Waals surface area contributed by atoms with Crippen LogP contribution < -0.4 is 4.74 Å². The minimum Gasteiger partial charge on any atom is -0.423 e. The predicted molar refractivity (Wildman–Crippen MR) is 82.7 cm³/mol. The second-order valence-electron chi connectivity index (χ2n) is 4.26. The van der Waals surface area contributed by atoms with Crippen molar-refractivity contribution in [2.24, 2.45) is 10.2 Å². The molecule has 0 aliphatic heterocycles. The summed E-state index contributed by atoms with van der Waals surface area (Å²) in [6.07, 6.45) is 1.04. The maximum atomic E-state index is 11.2. The summed E-state index contributed by atoms with van der Waals surface area (Å²) in [7, 11) is -4.38. The molecule has 118 valence electrons. The number of hydrogen-bond acceptors (Lipinski definition) is 6. The van der Waals surface area contributed by atoms with E-state index in [2.05, 4.69) is 16.8 Å². The number of ether oxygens (including phenoxy) is 1. The van der Waals surface area contributed by atoms with Gasteiger partial charge in [0.1, 0.15) is 16.3 Å². The number of rotatable bonds is 5. The normalized spacial score (nSPS) is 11.3. The highest BCUT2D eigenvalue weighted by molar-refractivity contribution is 7.86. The summed E-state index contributed by atoms with van der Waals surface area (Å²) in [6.45, 7) is 3.29. The summed E-state index contributed by atoms with van der Waals surface area (Å²) in [6, 6.07) is 11.7. The molecule has 0 heterocycles. The summed E-state index contributed by atoms with van der Waals surface area (Å²) in [5, 5.41) is 7.69. The quantitative estimate of drug-likeness (QED) is 0.297. The Morgan fingerprint density at radius 2 is 1.74 bits per heavy atom. The van der Waals surface area contributed by atoms with Crippen molar-refractivity contribution in [2.75, 3.05) is 0 Å². The number of hydrogen-bond donors (Lipinski definition) is 1. The van der Waals surface area contributed by atoms with Crippen molar-refractivity contribution in [1.82, 2.24) is 0 Å². The number of carbonyl (C=O) groups is 1. The molecule has 0 spiro atoms. The molecule has 0 unspecified atom stereocenters. The molecule has 0 amide bonds. The molecule has 23 heavy (non-hydrogen) atoms. The number of carbonyl (C=O) groups excluding carboxylic acids is 1. The molecule has 0 saturated carbocycles. The third-order valence-corrected chi connectivity index (χ3v) is 3.54. The SMILES string of the molecule is C=CC(=O)Oc1ccc(N=Nc2ccccc2S(=O)(=O)O)cc1. The van der Waals surface area contributed by atoms with E-state index in [0.29, 0.717) is 11.4 Å². The van der Waals surface area contributed by atoms with Crippen LogP contribution in [0.3, 0.4) is 0 Å². The molecule has 7 nitrogen and oxygen atoms in total. The maximum absolute atomic E-state index is 11.2. The molecule has 2 rings (SSSR count). The molecule has 0 atom stereocenters. The molecule has 0 aromatic heterocycles. The van der Waals surface area contributed by atoms with Gasteiger partial charge in [-0.1, -0.05) is 18.7 Å². The molecular weight excluding hydrogens is 320 g/mol. The molecule has 0 bridgehead atoms. The van der Waals surface area contributed by atoms with Crippen LogP contribution in [-0.2, 0) is 14.9 Å². The van der Waals surface area contributed by atoms with E-state index in [0.717, 1.165) is 6.08 Å². The minimum absolute atomic E-state index is 0.0113. The third kappa shape index (κ3) is 4.56. The molecule has 0 saturated heterocycles. The van der Waals surface area contributed by atoms with Crippen molar-refractivity contribution in [2.45, 2.75) is 4.90 Å². The highest BCUT2D eigenvalue weighted by Crippen LogP contribution is 2.26. The van der Waals surface area contributed by atoms with Gasteiger partial charge in [-0.05, 0) is 36.4 Å². The van der Waals surface area contributed by atoms with Crippen LogP contribution in [-0.4, -0.2) is 18.9 Å². The van der Waals surface area contributed by atoms with Gasteiger partial charge < -0.3 is 4.74 Å². The van der Waals surface area contributed by atoms with Crippen molar-refractivity contribution >= 4 is 27.5 Å². The van der Waals surface area contributed by atoms with Crippen molar-refractivity contribution in [1.29, 1.82) is 0 Å². The van der Waals surface area contributed by atoms with Gasteiger partial charge in [0.15, 0.2) is 0 Å². The van der Waals surface area contributed by atoms with Crippen LogP contribution in [0.25, 0.3) is 0 Å². The van der Waals surface area contributed by atoms with E-state index in [1.807, 2.05) is 0 Å². The first-order valence-electron chi connectivity index (χ1n) is 6.33. The van der Waals surface area contributed by atoms with Gasteiger partial charge >= 0.3 is 5.97 Å². The summed E-state index contributed by atoms with van der Waals surface area (Å²) in [4.78, 5) is 10.7. The molecule has 8 heteroatoms. The van der Waals surface area contributed by atoms with E-state index in [-0.39, 0.29) is 10.6 Å². The number of benzene rings is 2. The van der Waals surface area contributed by atoms with Crippen LogP contribution in [0, 0.1) is 0 Å². The van der Waals surface area contributed by atoms with Gasteiger partial charge in [0, 0.05) is 6.08 Å². The first-order valence-corrected chi connectivity index (χ1v) is 7.77. The van der Waals surface area contributed by atoms with E-state index in [4.69, 9.17) is 9.29 Å². The maximum Gasteiger partial charge on any atom is 0.335 e. The molecule has 0 radical (unpaired) electrons. The van der Waals surface area contributed by atoms with E-state index in [1.165, 1.54) is 42.5 Å². The van der Waals surface area contributed by atoms with Crippen molar-refractivity contribution in [3.05, 3.63) is 61.2 Å². The number of azo groups is 1. The van der Waals surface area contributed by atoms with Crippen LogP contribution in [0.5, 0.6) is 5.75 Å². The van der Waals surface area contributed by atoms with Crippen LogP contribution in [0.1, 0.15) is 0 Å². The first kappa shape index (κ1) is 16.5. The van der Waals surface area contributed by atoms with Gasteiger partial charge in [-0.2, -0.15) is 13.5 Å². The van der Waals surface area contributed by atoms with E-state index < -0.39 is 16.1 Å². The largest absolute Gasteiger partial charge is 0.423 e. The smallest absolute Gasteiger partial charge is 0.335 e. The summed E-state index contributed by atoms with van der Waals surface area (Å²) >= 11 is 0. The zero-order chi connectivity index (χ0) is 16.9. The van der Waals surface area contributed by atoms with Crippen molar-refractivity contribution < 1.29 is 22.5 Å². The summed E-state index contributed by atoms with van der Waals surface area (Å²) < 4.78 is 36.5. The van der Waals surface area contributed by atoms with E-state index in [9.17, 15) is 13.2 Å². The fourth-order valence-corrected chi connectivity index (χ4v) is 2.23. The lowest BCUT2D eigenvalue weighted by atomic mass is 10.3. The third-order valence-electron chi connectivity index (χ3n) is 2.64. The van der Waals surface area contributed by atoms with Crippen LogP contribution in [0.4, 0.5) is 11.4 Å². The molecule has 1 N–H and O–H groups in total. The fraction of sp³-hybridized carbons (Fsp3) is 0. The lowest BCUT2D eigenvalue weighted by Crippen LogP contribution is -2.02. The topological polar surface area (TPSA) is 105 Å². The molecular formula is C15H12N2O5S. The van der Waals surface area contributed by atoms with Gasteiger partial charge in [-0.3, -0.25) is 4.55 Å². The van der Waals surface area contributed by atoms with Gasteiger partial charge in [0.25, 0.3) is 10.1 Å². The lowest BCUT2D eigenvalue weighted by molar-refractivity contribution is -0.128. The fourth-order valence-electron chi connectivity index (χ4n) is 1.61. The predicted octanol–water partition coefficient (Wildman–Crippen LogP) is 3.44. The Morgan fingerprint density at radius 3 is 2.35 bits per heavy atom. The second-order valence-corrected chi connectivity index (χ2v) is 5.65. The molecule has 2 aromatic carbocycles. The van der Waals surface area contributed by atoms with Crippen LogP contribution in [0.2, 0.25) is 0 Å². The Labute approximate surface area is 132 Å². The van der Waals surface area contributed by atoms with E-state index in [1.54, 1.807) is 6.07 Å². The Morgan fingerprint density at radius 1 is 1.09 bits per heavy atom. The summed E-state index contributed by atoms with van der Waals surface area (Å²) in [5.74, 6) is -0.270. The van der Waals surface area contributed by atoms with Gasteiger partial charge in [-0.15, -0.1) is 5.11 Å². The zero-order valence-electron chi connectivity index (χ0n) is 11.8. The van der Waals surface area contributed by atoms with Crippen molar-refractivity contribution in [3.8, 4) is 5.75 Å². The summed E-state index contributed by atoms with van der Waals surface area (Å²) in [5.41, 5.74) is 0.422. The average molecular weight is 332 g/mol. The Bertz CT molecular complexity index is 858. The first-order chi connectivity index (χ1) is 10.9. The minimum atomic E-state index is -4.38. The Balaban J connectivity index is 2.21. The standard InChI is InChI=1S/C15H12N2O5S/c1-2-15(18)22-12-9-7-11(8-10-12)16-17-13-5-3-4-6-14(13)23(19,20)21/h2-10H,1H2,(H,19,20,21). The van der Waals surface area contributed by atoms with Gasteiger partial charge in [-0.25, -0.2) is 4.79 Å². The molecule has 0 aliphatic carbocycles. The van der Waals surface area contributed by atoms with Gasteiger partial charge in [0.2, 0.25) is 0 Å². The Kier molecular flexibility index (Phi) is 4.99. The number of esters is 1. The molecule has 0 fully saturated rings. The second kappa shape index (κ2) is 6.95. The Hall–Kier alpha value is -2.84. The average Bonchev–Trinajstić information content (AvgIpc) is 2.53. The highest BCUT2D eigenvalue weighted by atomic mass is 32.2. The number of nitrogens with zero attached hydrogens (tertiary/aromatic N) is 2. The monoisotopic (exact) mass is 332 g/mol. The van der Waals surface area contributed by atoms with Gasteiger partial charge in [0.05, 0.1) is 5.69 Å². The van der Waals surface area contributed by atoms with E-state index >= 15 is 0 Å². The van der Waals surface area contributed by atoms with Crippen LogP contribution >= 0.6 is 0 Å². The zero-order valence-corrected chi connectivity index (χ0v) is 12.6. The highest BCUT2D eigenvalue weighted by Gasteiger charge is 2.14. The van der Waals surface area contributed by atoms with Crippen molar-refractivity contribution in [3.63, 3.8) is 0 Å². The lowest BCUT2D eigenvalue weighted by Gasteiger charge is -2.02. The molecule has 2 aromatic rings.